The molecule has 0 fully saturated rings. The molecule has 0 bridgehead atoms. The van der Waals surface area contributed by atoms with Crippen LogP contribution >= 0.6 is 11.3 Å². The molecule has 8 aromatic carbocycles. The number of nitrogens with zero attached hydrogens (tertiary/aromatic N) is 2. The van der Waals surface area contributed by atoms with E-state index < -0.39 is 5.41 Å². The lowest BCUT2D eigenvalue weighted by Crippen LogP contribution is -2.28. The number of aromatic nitrogens is 2. The second kappa shape index (κ2) is 13.1. The van der Waals surface area contributed by atoms with Gasteiger partial charge in [-0.2, -0.15) is 0 Å². The molecule has 2 nitrogen and oxygen atoms in total. The smallest absolute Gasteiger partial charge is 0.160 e. The fraction of sp³-hybridized carbons (Fsp3) is 0.0189. The first-order valence-corrected chi connectivity index (χ1v) is 19.9. The van der Waals surface area contributed by atoms with Crippen molar-refractivity contribution in [2.45, 2.75) is 5.41 Å². The first-order valence-electron chi connectivity index (χ1n) is 19.1. The first-order chi connectivity index (χ1) is 27.8. The van der Waals surface area contributed by atoms with Gasteiger partial charge < -0.3 is 0 Å². The van der Waals surface area contributed by atoms with Crippen LogP contribution in [0.1, 0.15) is 22.3 Å². The van der Waals surface area contributed by atoms with E-state index in [2.05, 4.69) is 200 Å². The van der Waals surface area contributed by atoms with Crippen molar-refractivity contribution < 1.29 is 0 Å². The molecule has 56 heavy (non-hydrogen) atoms. The molecule has 0 radical (unpaired) electrons. The molecule has 0 saturated heterocycles. The van der Waals surface area contributed by atoms with Gasteiger partial charge in [-0.25, -0.2) is 9.97 Å². The van der Waals surface area contributed by atoms with Crippen molar-refractivity contribution in [1.82, 2.24) is 9.97 Å². The highest BCUT2D eigenvalue weighted by molar-refractivity contribution is 7.25. The number of benzene rings is 8. The summed E-state index contributed by atoms with van der Waals surface area (Å²) in [6.07, 6.45) is 0. The van der Waals surface area contributed by atoms with Gasteiger partial charge in [0.25, 0.3) is 0 Å². The standard InChI is InChI=1S/C53H34N2S/c1-4-17-35(18-5-1)52-54-47(40-24-11-10-23-39(40)36-31-32-42-41-25-13-15-30-49(41)56-50(42)33-36)34-48(55-52)44-27-16-29-46-51(44)43-26-12-14-28-45(43)53(46,37-19-6-2-7-20-37)38-21-8-3-9-22-38/h1-34H. The molecule has 2 heterocycles. The van der Waals surface area contributed by atoms with Crippen molar-refractivity contribution in [3.63, 3.8) is 0 Å². The van der Waals surface area contributed by atoms with Gasteiger partial charge in [-0.3, -0.25) is 0 Å². The molecule has 262 valence electrons. The molecule has 0 amide bonds. The Hall–Kier alpha value is -6.94. The minimum absolute atomic E-state index is 0.500. The normalized spacial score (nSPS) is 12.8. The quantitative estimate of drug-likeness (QED) is 0.170. The summed E-state index contributed by atoms with van der Waals surface area (Å²) in [5, 5.41) is 2.60. The Morgan fingerprint density at radius 3 is 1.66 bits per heavy atom. The van der Waals surface area contributed by atoms with Gasteiger partial charge in [-0.15, -0.1) is 11.3 Å². The van der Waals surface area contributed by atoms with Crippen LogP contribution < -0.4 is 0 Å². The topological polar surface area (TPSA) is 25.8 Å². The Morgan fingerprint density at radius 2 is 0.911 bits per heavy atom. The predicted molar refractivity (Wildman–Crippen MR) is 234 cm³/mol. The summed E-state index contributed by atoms with van der Waals surface area (Å²) in [7, 11) is 0. The van der Waals surface area contributed by atoms with E-state index in [1.54, 1.807) is 0 Å². The minimum Gasteiger partial charge on any atom is -0.228 e. The van der Waals surface area contributed by atoms with E-state index >= 15 is 0 Å². The SMILES string of the molecule is c1ccc(-c2nc(-c3ccccc3-c3ccc4c(c3)sc3ccccc34)cc(-c3cccc4c3-c3ccccc3C4(c3ccccc3)c3ccccc3)n2)cc1. The monoisotopic (exact) mass is 730 g/mol. The van der Waals surface area contributed by atoms with Gasteiger partial charge in [0.2, 0.25) is 0 Å². The van der Waals surface area contributed by atoms with Gasteiger partial charge in [0.05, 0.1) is 16.8 Å². The predicted octanol–water partition coefficient (Wildman–Crippen LogP) is 13.9. The van der Waals surface area contributed by atoms with Crippen LogP contribution in [0.5, 0.6) is 0 Å². The number of hydrogen-bond donors (Lipinski definition) is 0. The lowest BCUT2D eigenvalue weighted by molar-refractivity contribution is 0.768. The Balaban J connectivity index is 1.16. The molecule has 0 atom stereocenters. The highest BCUT2D eigenvalue weighted by atomic mass is 32.1. The molecule has 1 aliphatic carbocycles. The molecular formula is C53H34N2S. The van der Waals surface area contributed by atoms with Crippen molar-refractivity contribution in [1.29, 1.82) is 0 Å². The Bertz CT molecular complexity index is 3040. The zero-order chi connectivity index (χ0) is 37.1. The number of rotatable bonds is 6. The van der Waals surface area contributed by atoms with Crippen LogP contribution in [-0.4, -0.2) is 9.97 Å². The minimum atomic E-state index is -0.500. The lowest BCUT2D eigenvalue weighted by atomic mass is 9.67. The molecule has 0 aliphatic heterocycles. The third kappa shape index (κ3) is 5.02. The van der Waals surface area contributed by atoms with Crippen molar-refractivity contribution >= 4 is 31.5 Å². The van der Waals surface area contributed by atoms with Crippen molar-refractivity contribution in [3.05, 3.63) is 229 Å². The summed E-state index contributed by atoms with van der Waals surface area (Å²) >= 11 is 1.85. The zero-order valence-corrected chi connectivity index (χ0v) is 31.2. The maximum absolute atomic E-state index is 5.40. The number of fused-ring (bicyclic) bond motifs is 6. The maximum Gasteiger partial charge on any atom is 0.160 e. The molecule has 0 N–H and O–H groups in total. The lowest BCUT2D eigenvalue weighted by Gasteiger charge is -2.33. The molecular weight excluding hydrogens is 697 g/mol. The van der Waals surface area contributed by atoms with Gasteiger partial charge in [0.15, 0.2) is 5.82 Å². The van der Waals surface area contributed by atoms with Gasteiger partial charge in [0, 0.05) is 36.9 Å². The average Bonchev–Trinajstić information content (AvgIpc) is 3.81. The highest BCUT2D eigenvalue weighted by Gasteiger charge is 2.46. The summed E-state index contributed by atoms with van der Waals surface area (Å²) in [5.41, 5.74) is 14.2. The molecule has 3 heteroatoms. The largest absolute Gasteiger partial charge is 0.228 e. The fourth-order valence-corrected chi connectivity index (χ4v) is 10.1. The van der Waals surface area contributed by atoms with Crippen molar-refractivity contribution in [2.24, 2.45) is 0 Å². The number of hydrogen-bond acceptors (Lipinski definition) is 3. The summed E-state index contributed by atoms with van der Waals surface area (Å²) in [6.45, 7) is 0. The third-order valence-electron chi connectivity index (χ3n) is 11.4. The van der Waals surface area contributed by atoms with Crippen LogP contribution in [0.2, 0.25) is 0 Å². The third-order valence-corrected chi connectivity index (χ3v) is 12.5. The molecule has 0 unspecified atom stereocenters. The van der Waals surface area contributed by atoms with Gasteiger partial charge in [0.1, 0.15) is 0 Å². The average molecular weight is 731 g/mol. The van der Waals surface area contributed by atoms with Gasteiger partial charge in [-0.05, 0) is 62.7 Å². The van der Waals surface area contributed by atoms with Crippen LogP contribution in [0, 0.1) is 0 Å². The van der Waals surface area contributed by atoms with Crippen LogP contribution in [0.15, 0.2) is 206 Å². The van der Waals surface area contributed by atoms with E-state index in [1.807, 2.05) is 17.4 Å². The number of thiophene rings is 1. The summed E-state index contributed by atoms with van der Waals surface area (Å²) in [4.78, 5) is 10.7. The Labute approximate surface area is 330 Å². The fourth-order valence-electron chi connectivity index (χ4n) is 9.00. The van der Waals surface area contributed by atoms with Crippen LogP contribution in [-0.2, 0) is 5.41 Å². The zero-order valence-electron chi connectivity index (χ0n) is 30.4. The highest BCUT2D eigenvalue weighted by Crippen LogP contribution is 2.58. The van der Waals surface area contributed by atoms with E-state index in [9.17, 15) is 0 Å². The molecule has 0 saturated carbocycles. The van der Waals surface area contributed by atoms with Crippen LogP contribution in [0.25, 0.3) is 76.3 Å². The maximum atomic E-state index is 5.40. The van der Waals surface area contributed by atoms with Crippen LogP contribution in [0.3, 0.4) is 0 Å². The summed E-state index contributed by atoms with van der Waals surface area (Å²) in [6, 6.07) is 74.4. The van der Waals surface area contributed by atoms with E-state index in [4.69, 9.17) is 9.97 Å². The molecule has 2 aromatic heterocycles. The van der Waals surface area contributed by atoms with E-state index in [1.165, 1.54) is 59.1 Å². The second-order valence-corrected chi connectivity index (χ2v) is 15.5. The van der Waals surface area contributed by atoms with Crippen molar-refractivity contribution in [3.8, 4) is 56.2 Å². The Morgan fingerprint density at radius 1 is 0.357 bits per heavy atom. The first kappa shape index (κ1) is 32.5. The van der Waals surface area contributed by atoms with E-state index in [0.717, 1.165) is 33.6 Å². The van der Waals surface area contributed by atoms with E-state index in [-0.39, 0.29) is 0 Å². The molecule has 0 spiro atoms. The van der Waals surface area contributed by atoms with Crippen LogP contribution in [0.4, 0.5) is 0 Å². The Kier molecular flexibility index (Phi) is 7.61. The van der Waals surface area contributed by atoms with Crippen molar-refractivity contribution in [2.75, 3.05) is 0 Å². The molecule has 1 aliphatic rings. The van der Waals surface area contributed by atoms with E-state index in [0.29, 0.717) is 5.82 Å². The molecule has 11 rings (SSSR count). The molecule has 10 aromatic rings. The van der Waals surface area contributed by atoms with Gasteiger partial charge >= 0.3 is 0 Å². The van der Waals surface area contributed by atoms with Gasteiger partial charge in [-0.1, -0.05) is 188 Å². The summed E-state index contributed by atoms with van der Waals surface area (Å²) in [5.74, 6) is 0.703. The summed E-state index contributed by atoms with van der Waals surface area (Å²) < 4.78 is 2.59. The second-order valence-electron chi connectivity index (χ2n) is 14.4.